The zero-order chi connectivity index (χ0) is 17.2. The molecule has 5 heteroatoms. The third kappa shape index (κ3) is 2.71. The molecule has 0 saturated heterocycles. The number of hydrogen-bond acceptors (Lipinski definition) is 4. The van der Waals surface area contributed by atoms with Crippen molar-refractivity contribution in [3.05, 3.63) is 54.4 Å². The van der Waals surface area contributed by atoms with Crippen LogP contribution in [0.5, 0.6) is 5.75 Å². The van der Waals surface area contributed by atoms with Crippen molar-refractivity contribution in [1.29, 1.82) is 0 Å². The van der Waals surface area contributed by atoms with Crippen LogP contribution in [0.2, 0.25) is 0 Å². The minimum Gasteiger partial charge on any atom is -0.496 e. The molecule has 2 aromatic carbocycles. The Morgan fingerprint density at radius 3 is 2.64 bits per heavy atom. The highest BCUT2D eigenvalue weighted by atomic mass is 16.5. The van der Waals surface area contributed by atoms with Gasteiger partial charge in [0.2, 0.25) is 0 Å². The molecule has 0 unspecified atom stereocenters. The molecular formula is C20H20N4O. The number of ether oxygens (including phenoxy) is 1. The van der Waals surface area contributed by atoms with Crippen LogP contribution in [0, 0.1) is 0 Å². The Kier molecular flexibility index (Phi) is 4.06. The predicted octanol–water partition coefficient (Wildman–Crippen LogP) is 4.30. The summed E-state index contributed by atoms with van der Waals surface area (Å²) in [6.45, 7) is 2.18. The number of hydrogen-bond donors (Lipinski definition) is 0. The number of rotatable bonds is 5. The van der Waals surface area contributed by atoms with E-state index in [-0.39, 0.29) is 0 Å². The molecule has 4 aromatic rings. The summed E-state index contributed by atoms with van der Waals surface area (Å²) in [4.78, 5) is 9.64. The van der Waals surface area contributed by atoms with Crippen molar-refractivity contribution in [3.63, 3.8) is 0 Å². The van der Waals surface area contributed by atoms with E-state index in [1.54, 1.807) is 7.11 Å². The van der Waals surface area contributed by atoms with Crippen LogP contribution in [0.3, 0.4) is 0 Å². The maximum Gasteiger partial charge on any atom is 0.185 e. The second-order valence-electron chi connectivity index (χ2n) is 6.02. The van der Waals surface area contributed by atoms with Gasteiger partial charge >= 0.3 is 0 Å². The highest BCUT2D eigenvalue weighted by Gasteiger charge is 2.16. The lowest BCUT2D eigenvalue weighted by atomic mass is 10.2. The number of unbranched alkanes of at least 4 members (excludes halogenated alkanes) is 1. The molecule has 0 atom stereocenters. The molecule has 2 heterocycles. The zero-order valence-corrected chi connectivity index (χ0v) is 14.4. The lowest BCUT2D eigenvalue weighted by molar-refractivity contribution is 0.416. The van der Waals surface area contributed by atoms with E-state index in [9.17, 15) is 0 Å². The van der Waals surface area contributed by atoms with Gasteiger partial charge in [0.05, 0.1) is 18.2 Å². The fourth-order valence-corrected chi connectivity index (χ4v) is 3.05. The lowest BCUT2D eigenvalue weighted by Gasteiger charge is -2.05. The second kappa shape index (κ2) is 6.51. The van der Waals surface area contributed by atoms with E-state index in [1.165, 1.54) is 0 Å². The van der Waals surface area contributed by atoms with Gasteiger partial charge in [0.25, 0.3) is 0 Å². The van der Waals surface area contributed by atoms with Gasteiger partial charge in [0.15, 0.2) is 11.5 Å². The number of methoxy groups -OCH3 is 1. The molecule has 0 aliphatic rings. The van der Waals surface area contributed by atoms with Crippen LogP contribution in [0.1, 0.15) is 25.6 Å². The van der Waals surface area contributed by atoms with Gasteiger partial charge in [-0.3, -0.25) is 0 Å². The Bertz CT molecular complexity index is 1040. The first kappa shape index (κ1) is 15.6. The van der Waals surface area contributed by atoms with Gasteiger partial charge in [-0.1, -0.05) is 37.6 Å². The Morgan fingerprint density at radius 2 is 1.80 bits per heavy atom. The zero-order valence-electron chi connectivity index (χ0n) is 14.4. The maximum atomic E-state index is 5.47. The Hall–Kier alpha value is -2.95. The van der Waals surface area contributed by atoms with E-state index in [0.29, 0.717) is 5.82 Å². The molecule has 0 bridgehead atoms. The molecule has 0 spiro atoms. The van der Waals surface area contributed by atoms with E-state index < -0.39 is 0 Å². The summed E-state index contributed by atoms with van der Waals surface area (Å²) in [5.74, 6) is 2.38. The highest BCUT2D eigenvalue weighted by Crippen LogP contribution is 2.29. The monoisotopic (exact) mass is 332 g/mol. The smallest absolute Gasteiger partial charge is 0.185 e. The average Bonchev–Trinajstić information content (AvgIpc) is 3.11. The molecule has 0 N–H and O–H groups in total. The number of fused-ring (bicyclic) bond motifs is 3. The fraction of sp³-hybridized carbons (Fsp3) is 0.250. The molecule has 2 aromatic heterocycles. The summed E-state index contributed by atoms with van der Waals surface area (Å²) < 4.78 is 7.36. The standard InChI is InChI=1S/C20H20N4O/c1-3-4-13-18-21-16-11-7-5-9-14(16)20-22-19(23-24(18)20)15-10-6-8-12-17(15)25-2/h5-12H,3-4,13H2,1-2H3. The van der Waals surface area contributed by atoms with Gasteiger partial charge < -0.3 is 4.74 Å². The third-order valence-corrected chi connectivity index (χ3v) is 4.35. The van der Waals surface area contributed by atoms with E-state index in [4.69, 9.17) is 19.8 Å². The summed E-state index contributed by atoms with van der Waals surface area (Å²) in [5, 5.41) is 5.77. The van der Waals surface area contributed by atoms with E-state index in [1.807, 2.05) is 53.0 Å². The number of benzene rings is 2. The molecular weight excluding hydrogens is 312 g/mol. The molecule has 0 saturated carbocycles. The summed E-state index contributed by atoms with van der Waals surface area (Å²) in [5.41, 5.74) is 2.69. The average molecular weight is 332 g/mol. The van der Waals surface area contributed by atoms with Crippen molar-refractivity contribution < 1.29 is 4.74 Å². The lowest BCUT2D eigenvalue weighted by Crippen LogP contribution is -2.03. The minimum atomic E-state index is 0.661. The van der Waals surface area contributed by atoms with Crippen LogP contribution in [0.4, 0.5) is 0 Å². The van der Waals surface area contributed by atoms with Crippen molar-refractivity contribution in [2.45, 2.75) is 26.2 Å². The molecule has 25 heavy (non-hydrogen) atoms. The van der Waals surface area contributed by atoms with Gasteiger partial charge in [-0.15, -0.1) is 5.10 Å². The van der Waals surface area contributed by atoms with Crippen LogP contribution in [0.15, 0.2) is 48.5 Å². The van der Waals surface area contributed by atoms with E-state index in [0.717, 1.165) is 52.9 Å². The highest BCUT2D eigenvalue weighted by molar-refractivity contribution is 5.91. The molecule has 0 radical (unpaired) electrons. The molecule has 5 nitrogen and oxygen atoms in total. The summed E-state index contributed by atoms with van der Waals surface area (Å²) in [7, 11) is 1.66. The molecule has 126 valence electrons. The largest absolute Gasteiger partial charge is 0.496 e. The summed E-state index contributed by atoms with van der Waals surface area (Å²) in [6.07, 6.45) is 3.07. The maximum absolute atomic E-state index is 5.47. The number of para-hydroxylation sites is 2. The Morgan fingerprint density at radius 1 is 1.00 bits per heavy atom. The quantitative estimate of drug-likeness (QED) is 0.547. The van der Waals surface area contributed by atoms with Crippen molar-refractivity contribution in [2.75, 3.05) is 7.11 Å². The van der Waals surface area contributed by atoms with Crippen LogP contribution >= 0.6 is 0 Å². The fourth-order valence-electron chi connectivity index (χ4n) is 3.05. The molecule has 0 aliphatic heterocycles. The first-order chi connectivity index (χ1) is 12.3. The van der Waals surface area contributed by atoms with Crippen molar-refractivity contribution in [3.8, 4) is 17.1 Å². The van der Waals surface area contributed by atoms with Crippen LogP contribution in [-0.2, 0) is 6.42 Å². The van der Waals surface area contributed by atoms with E-state index >= 15 is 0 Å². The first-order valence-electron chi connectivity index (χ1n) is 8.59. The predicted molar refractivity (Wildman–Crippen MR) is 98.9 cm³/mol. The summed E-state index contributed by atoms with van der Waals surface area (Å²) in [6, 6.07) is 15.9. The van der Waals surface area contributed by atoms with Crippen molar-refractivity contribution in [1.82, 2.24) is 19.6 Å². The van der Waals surface area contributed by atoms with Crippen LogP contribution < -0.4 is 4.74 Å². The molecule has 0 aliphatic carbocycles. The van der Waals surface area contributed by atoms with Crippen LogP contribution in [0.25, 0.3) is 27.9 Å². The van der Waals surface area contributed by atoms with Gasteiger partial charge in [0, 0.05) is 11.8 Å². The molecule has 0 amide bonds. The Balaban J connectivity index is 1.98. The van der Waals surface area contributed by atoms with Gasteiger partial charge in [-0.05, 0) is 30.7 Å². The second-order valence-corrected chi connectivity index (χ2v) is 6.02. The van der Waals surface area contributed by atoms with Gasteiger partial charge in [-0.25, -0.2) is 9.97 Å². The van der Waals surface area contributed by atoms with Gasteiger partial charge in [-0.2, -0.15) is 4.52 Å². The normalized spacial score (nSPS) is 11.3. The third-order valence-electron chi connectivity index (χ3n) is 4.35. The molecule has 0 fully saturated rings. The first-order valence-corrected chi connectivity index (χ1v) is 8.59. The topological polar surface area (TPSA) is 52.3 Å². The molecule has 4 rings (SSSR count). The van der Waals surface area contributed by atoms with Crippen LogP contribution in [-0.4, -0.2) is 26.7 Å². The Labute approximate surface area is 146 Å². The van der Waals surface area contributed by atoms with Gasteiger partial charge in [0.1, 0.15) is 11.6 Å². The summed E-state index contributed by atoms with van der Waals surface area (Å²) >= 11 is 0. The van der Waals surface area contributed by atoms with Crippen molar-refractivity contribution >= 4 is 16.6 Å². The minimum absolute atomic E-state index is 0.661. The number of aryl methyl sites for hydroxylation is 1. The van der Waals surface area contributed by atoms with Crippen molar-refractivity contribution in [2.24, 2.45) is 0 Å². The number of nitrogens with zero attached hydrogens (tertiary/aromatic N) is 4. The number of aromatic nitrogens is 4. The SMILES string of the molecule is CCCCc1nc2ccccc2c2nc(-c3ccccc3OC)nn12. The van der Waals surface area contributed by atoms with E-state index in [2.05, 4.69) is 6.92 Å².